The van der Waals surface area contributed by atoms with Gasteiger partial charge < -0.3 is 9.52 Å². The van der Waals surface area contributed by atoms with Gasteiger partial charge in [0.15, 0.2) is 5.58 Å². The lowest BCUT2D eigenvalue weighted by Gasteiger charge is -2.08. The molecule has 98 valence electrons. The Hall–Kier alpha value is -2.21. The Bertz CT molecular complexity index is 629. The summed E-state index contributed by atoms with van der Waals surface area (Å²) in [7, 11) is 0. The van der Waals surface area contributed by atoms with Gasteiger partial charge in [0.25, 0.3) is 5.91 Å². The van der Waals surface area contributed by atoms with Crippen LogP contribution in [-0.2, 0) is 4.79 Å². The number of anilines is 1. The van der Waals surface area contributed by atoms with Crippen LogP contribution in [-0.4, -0.2) is 28.3 Å². The van der Waals surface area contributed by atoms with E-state index in [1.54, 1.807) is 13.0 Å². The second-order valence-corrected chi connectivity index (χ2v) is 4.42. The van der Waals surface area contributed by atoms with E-state index in [0.29, 0.717) is 23.2 Å². The number of amides is 1. The van der Waals surface area contributed by atoms with Crippen molar-refractivity contribution < 1.29 is 14.3 Å². The van der Waals surface area contributed by atoms with Gasteiger partial charge in [-0.25, -0.2) is 0 Å². The first kappa shape index (κ1) is 11.9. The summed E-state index contributed by atoms with van der Waals surface area (Å²) in [5.41, 5.74) is 1.97. The fourth-order valence-corrected chi connectivity index (χ4v) is 2.15. The molecule has 2 heterocycles. The number of carbonyl (C=O) groups is 1. The number of aliphatic hydroxyl groups excluding tert-OH is 1. The maximum absolute atomic E-state index is 12.2. The normalized spacial score (nSPS) is 19.3. The Balaban J connectivity index is 1.96. The van der Waals surface area contributed by atoms with E-state index in [-0.39, 0.29) is 24.4 Å². The van der Waals surface area contributed by atoms with Gasteiger partial charge >= 0.3 is 6.01 Å². The van der Waals surface area contributed by atoms with E-state index in [9.17, 15) is 4.79 Å². The highest BCUT2D eigenvalue weighted by atomic mass is 16.4. The standard InChI is InChI=1S/C13H13N3O3/c1-8-9(6-7-17)12(18)16(15-8)13-14-10-4-2-3-5-11(10)19-13/h2-5,9,17H,6-7H2,1H3. The van der Waals surface area contributed by atoms with Crippen molar-refractivity contribution in [2.24, 2.45) is 11.0 Å². The first-order valence-electron chi connectivity index (χ1n) is 6.06. The van der Waals surface area contributed by atoms with Gasteiger partial charge in [0.2, 0.25) is 0 Å². The molecule has 6 heteroatoms. The average Bonchev–Trinajstić information content (AvgIpc) is 2.94. The molecule has 0 bridgehead atoms. The Kier molecular flexibility index (Phi) is 2.79. The molecule has 0 spiro atoms. The van der Waals surface area contributed by atoms with Crippen molar-refractivity contribution in [3.8, 4) is 0 Å². The molecule has 1 N–H and O–H groups in total. The van der Waals surface area contributed by atoms with Gasteiger partial charge in [0, 0.05) is 12.3 Å². The third kappa shape index (κ3) is 1.90. The summed E-state index contributed by atoms with van der Waals surface area (Å²) in [6, 6.07) is 7.46. The highest BCUT2D eigenvalue weighted by Gasteiger charge is 2.36. The van der Waals surface area contributed by atoms with Crippen molar-refractivity contribution in [3.63, 3.8) is 0 Å². The van der Waals surface area contributed by atoms with Crippen LogP contribution >= 0.6 is 0 Å². The number of benzene rings is 1. The minimum atomic E-state index is -0.389. The topological polar surface area (TPSA) is 78.9 Å². The van der Waals surface area contributed by atoms with Gasteiger partial charge in [-0.05, 0) is 25.5 Å². The Morgan fingerprint density at radius 1 is 1.42 bits per heavy atom. The molecule has 0 aliphatic carbocycles. The van der Waals surface area contributed by atoms with Crippen LogP contribution in [0.1, 0.15) is 13.3 Å². The third-order valence-corrected chi connectivity index (χ3v) is 3.15. The highest BCUT2D eigenvalue weighted by molar-refractivity contribution is 6.14. The lowest BCUT2D eigenvalue weighted by molar-refractivity contribution is -0.120. The molecule has 0 saturated carbocycles. The first-order chi connectivity index (χ1) is 9.20. The number of hydrogen-bond acceptors (Lipinski definition) is 5. The summed E-state index contributed by atoms with van der Waals surface area (Å²) in [5, 5.41) is 14.3. The SMILES string of the molecule is CC1=NN(c2nc3ccccc3o2)C(=O)C1CCO. The molecule has 1 unspecified atom stereocenters. The number of para-hydroxylation sites is 2. The molecule has 0 fully saturated rings. The number of carbonyl (C=O) groups excluding carboxylic acids is 1. The molecule has 6 nitrogen and oxygen atoms in total. The first-order valence-corrected chi connectivity index (χ1v) is 6.06. The minimum absolute atomic E-state index is 0.0509. The number of hydrogen-bond donors (Lipinski definition) is 1. The summed E-state index contributed by atoms with van der Waals surface area (Å²) in [6.07, 6.45) is 0.366. The van der Waals surface area contributed by atoms with E-state index in [2.05, 4.69) is 10.1 Å². The summed E-state index contributed by atoms with van der Waals surface area (Å²) in [6.45, 7) is 1.71. The van der Waals surface area contributed by atoms with Crippen LogP contribution in [0, 0.1) is 5.92 Å². The predicted octanol–water partition coefficient (Wildman–Crippen LogP) is 1.55. The number of aliphatic hydroxyl groups is 1. The van der Waals surface area contributed by atoms with Crippen LogP contribution in [0.25, 0.3) is 11.1 Å². The predicted molar refractivity (Wildman–Crippen MR) is 69.8 cm³/mol. The molecular formula is C13H13N3O3. The Morgan fingerprint density at radius 3 is 2.95 bits per heavy atom. The van der Waals surface area contributed by atoms with Gasteiger partial charge in [-0.1, -0.05) is 12.1 Å². The highest BCUT2D eigenvalue weighted by Crippen LogP contribution is 2.27. The summed E-state index contributed by atoms with van der Waals surface area (Å²) >= 11 is 0. The van der Waals surface area contributed by atoms with E-state index >= 15 is 0 Å². The minimum Gasteiger partial charge on any atom is -0.422 e. The molecule has 0 radical (unpaired) electrons. The van der Waals surface area contributed by atoms with Crippen molar-refractivity contribution in [2.75, 3.05) is 11.6 Å². The summed E-state index contributed by atoms with van der Waals surface area (Å²) < 4.78 is 5.52. The second kappa shape index (κ2) is 4.47. The molecule has 1 aliphatic rings. The van der Waals surface area contributed by atoms with Gasteiger partial charge in [-0.2, -0.15) is 10.1 Å². The lowest BCUT2D eigenvalue weighted by Crippen LogP contribution is -2.27. The molecule has 1 atom stereocenters. The second-order valence-electron chi connectivity index (χ2n) is 4.42. The summed E-state index contributed by atoms with van der Waals surface area (Å²) in [5.74, 6) is -0.599. The molecule has 3 rings (SSSR count). The molecule has 1 aromatic carbocycles. The fraction of sp³-hybridized carbons (Fsp3) is 0.308. The monoisotopic (exact) mass is 259 g/mol. The van der Waals surface area contributed by atoms with Crippen molar-refractivity contribution >= 4 is 28.7 Å². The quantitative estimate of drug-likeness (QED) is 0.907. The Labute approximate surface area is 109 Å². The maximum Gasteiger partial charge on any atom is 0.327 e. The number of hydrazone groups is 1. The number of oxazole rings is 1. The van der Waals surface area contributed by atoms with Crippen LogP contribution < -0.4 is 5.01 Å². The van der Waals surface area contributed by atoms with Crippen LogP contribution in [0.2, 0.25) is 0 Å². The largest absolute Gasteiger partial charge is 0.422 e. The van der Waals surface area contributed by atoms with Crippen molar-refractivity contribution in [2.45, 2.75) is 13.3 Å². The molecule has 1 aromatic heterocycles. The number of fused-ring (bicyclic) bond motifs is 1. The fourth-order valence-electron chi connectivity index (χ4n) is 2.15. The van der Waals surface area contributed by atoms with Crippen LogP contribution in [0.15, 0.2) is 33.8 Å². The molecule has 19 heavy (non-hydrogen) atoms. The summed E-state index contributed by atoms with van der Waals surface area (Å²) in [4.78, 5) is 16.4. The average molecular weight is 259 g/mol. The molecule has 2 aromatic rings. The maximum atomic E-state index is 12.2. The molecule has 1 aliphatic heterocycles. The lowest BCUT2D eigenvalue weighted by atomic mass is 10.0. The van der Waals surface area contributed by atoms with E-state index < -0.39 is 0 Å². The zero-order valence-electron chi connectivity index (χ0n) is 10.4. The van der Waals surface area contributed by atoms with Gasteiger partial charge in [-0.15, -0.1) is 5.01 Å². The van der Waals surface area contributed by atoms with E-state index in [0.717, 1.165) is 0 Å². The zero-order chi connectivity index (χ0) is 13.4. The van der Waals surface area contributed by atoms with Crippen LogP contribution in [0.4, 0.5) is 6.01 Å². The number of nitrogens with zero attached hydrogens (tertiary/aromatic N) is 3. The number of aromatic nitrogens is 1. The van der Waals surface area contributed by atoms with Gasteiger partial charge in [0.05, 0.1) is 5.92 Å². The van der Waals surface area contributed by atoms with Crippen molar-refractivity contribution in [1.82, 2.24) is 4.98 Å². The van der Waals surface area contributed by atoms with E-state index in [1.165, 1.54) is 5.01 Å². The van der Waals surface area contributed by atoms with Crippen molar-refractivity contribution in [1.29, 1.82) is 0 Å². The molecule has 0 saturated heterocycles. The Morgan fingerprint density at radius 2 is 2.21 bits per heavy atom. The van der Waals surface area contributed by atoms with Crippen molar-refractivity contribution in [3.05, 3.63) is 24.3 Å². The van der Waals surface area contributed by atoms with E-state index in [1.807, 2.05) is 18.2 Å². The smallest absolute Gasteiger partial charge is 0.327 e. The zero-order valence-corrected chi connectivity index (χ0v) is 10.4. The van der Waals surface area contributed by atoms with Crippen LogP contribution in [0.5, 0.6) is 0 Å². The van der Waals surface area contributed by atoms with E-state index in [4.69, 9.17) is 9.52 Å². The van der Waals surface area contributed by atoms with Gasteiger partial charge in [-0.3, -0.25) is 4.79 Å². The number of rotatable bonds is 3. The van der Waals surface area contributed by atoms with Gasteiger partial charge in [0.1, 0.15) is 5.52 Å². The van der Waals surface area contributed by atoms with Crippen LogP contribution in [0.3, 0.4) is 0 Å². The molecule has 1 amide bonds. The molecular weight excluding hydrogens is 246 g/mol. The third-order valence-electron chi connectivity index (χ3n) is 3.15.